The molecule has 0 amide bonds. The van der Waals surface area contributed by atoms with Crippen LogP contribution in [-0.2, 0) is 25.1 Å². The molecule has 128 valence electrons. The number of fused-ring (bicyclic) bond motifs is 1. The van der Waals surface area contributed by atoms with Crippen molar-refractivity contribution in [1.82, 2.24) is 0 Å². The summed E-state index contributed by atoms with van der Waals surface area (Å²) in [6.45, 7) is -0.319. The van der Waals surface area contributed by atoms with Crippen LogP contribution in [-0.4, -0.2) is 31.3 Å². The van der Waals surface area contributed by atoms with Crippen LogP contribution in [0, 0.1) is 5.92 Å². The first-order valence-electron chi connectivity index (χ1n) is 8.28. The maximum absolute atomic E-state index is 12.7. The van der Waals surface area contributed by atoms with E-state index >= 15 is 0 Å². The maximum atomic E-state index is 12.7. The highest BCUT2D eigenvalue weighted by Gasteiger charge is 2.65. The van der Waals surface area contributed by atoms with Crippen LogP contribution in [0.15, 0.2) is 42.5 Å². The average Bonchev–Trinajstić information content (AvgIpc) is 3.24. The van der Waals surface area contributed by atoms with Gasteiger partial charge < -0.3 is 4.74 Å². The summed E-state index contributed by atoms with van der Waals surface area (Å²) in [5, 5.41) is 0. The fourth-order valence-electron chi connectivity index (χ4n) is 4.94. The van der Waals surface area contributed by atoms with E-state index in [1.807, 2.05) is 18.2 Å². The first-order chi connectivity index (χ1) is 11.9. The number of esters is 1. The number of benzene rings is 2. The Morgan fingerprint density at radius 1 is 1.12 bits per heavy atom. The van der Waals surface area contributed by atoms with Gasteiger partial charge in [-0.25, -0.2) is 0 Å². The van der Waals surface area contributed by atoms with Gasteiger partial charge in [0.15, 0.2) is 0 Å². The SMILES string of the molecule is O=C(OCCS(=O)(=O)O)C1CC23c4ccccc4C1c1cccc2c13. The predicted octanol–water partition coefficient (Wildman–Crippen LogP) is 2.23. The van der Waals surface area contributed by atoms with Crippen LogP contribution in [0.2, 0.25) is 0 Å². The van der Waals surface area contributed by atoms with Gasteiger partial charge in [0, 0.05) is 11.3 Å². The van der Waals surface area contributed by atoms with E-state index in [1.165, 1.54) is 27.8 Å². The Morgan fingerprint density at radius 2 is 1.84 bits per heavy atom. The third kappa shape index (κ3) is 1.92. The molecule has 4 aliphatic rings. The molecule has 5 nitrogen and oxygen atoms in total. The largest absolute Gasteiger partial charge is 0.464 e. The van der Waals surface area contributed by atoms with Crippen LogP contribution in [0.1, 0.15) is 40.2 Å². The molecule has 0 heterocycles. The van der Waals surface area contributed by atoms with Crippen molar-refractivity contribution in [3.63, 3.8) is 0 Å². The Morgan fingerprint density at radius 3 is 2.64 bits per heavy atom. The molecule has 0 saturated carbocycles. The van der Waals surface area contributed by atoms with Gasteiger partial charge in [0.2, 0.25) is 0 Å². The second-order valence-corrected chi connectivity index (χ2v) is 8.58. The number of carbonyl (C=O) groups is 1. The molecular weight excluding hydrogens is 340 g/mol. The van der Waals surface area contributed by atoms with Gasteiger partial charge in [0.1, 0.15) is 12.4 Å². The number of carbonyl (C=O) groups excluding carboxylic acids is 1. The molecule has 25 heavy (non-hydrogen) atoms. The molecule has 6 heteroatoms. The van der Waals surface area contributed by atoms with Crippen molar-refractivity contribution in [2.45, 2.75) is 17.8 Å². The number of hydrogen-bond donors (Lipinski definition) is 1. The number of ether oxygens (including phenoxy) is 1. The van der Waals surface area contributed by atoms with E-state index in [-0.39, 0.29) is 29.8 Å². The van der Waals surface area contributed by atoms with E-state index in [9.17, 15) is 13.2 Å². The summed E-state index contributed by atoms with van der Waals surface area (Å²) in [5.41, 5.74) is 6.14. The molecule has 0 aliphatic heterocycles. The second kappa shape index (κ2) is 4.71. The first-order valence-corrected chi connectivity index (χ1v) is 9.89. The minimum Gasteiger partial charge on any atom is -0.464 e. The monoisotopic (exact) mass is 356 g/mol. The third-order valence-electron chi connectivity index (χ3n) is 5.83. The van der Waals surface area contributed by atoms with Gasteiger partial charge in [0.05, 0.1) is 5.92 Å². The molecule has 3 unspecified atom stereocenters. The fraction of sp³-hybridized carbons (Fsp3) is 0.316. The van der Waals surface area contributed by atoms with Crippen molar-refractivity contribution < 1.29 is 22.5 Å². The van der Waals surface area contributed by atoms with Crippen LogP contribution < -0.4 is 0 Å². The van der Waals surface area contributed by atoms with Crippen LogP contribution in [0.4, 0.5) is 0 Å². The highest BCUT2D eigenvalue weighted by molar-refractivity contribution is 7.85. The molecule has 2 aromatic carbocycles. The van der Waals surface area contributed by atoms with E-state index < -0.39 is 15.9 Å². The van der Waals surface area contributed by atoms with Gasteiger partial charge in [0.25, 0.3) is 10.1 Å². The first kappa shape index (κ1) is 15.1. The van der Waals surface area contributed by atoms with Crippen molar-refractivity contribution in [1.29, 1.82) is 0 Å². The highest BCUT2D eigenvalue weighted by Crippen LogP contribution is 2.71. The van der Waals surface area contributed by atoms with Crippen molar-refractivity contribution in [3.8, 4) is 0 Å². The van der Waals surface area contributed by atoms with Gasteiger partial charge in [-0.15, -0.1) is 0 Å². The lowest BCUT2D eigenvalue weighted by atomic mass is 9.60. The summed E-state index contributed by atoms with van der Waals surface area (Å²) >= 11 is 0. The number of rotatable bonds is 4. The third-order valence-corrected chi connectivity index (χ3v) is 6.51. The molecule has 2 bridgehead atoms. The highest BCUT2D eigenvalue weighted by atomic mass is 32.2. The van der Waals surface area contributed by atoms with Crippen molar-refractivity contribution >= 4 is 16.1 Å². The van der Waals surface area contributed by atoms with Crippen molar-refractivity contribution in [3.05, 3.63) is 70.3 Å². The van der Waals surface area contributed by atoms with Gasteiger partial charge in [-0.05, 0) is 34.2 Å². The summed E-state index contributed by atoms with van der Waals surface area (Å²) in [4.78, 5) is 12.7. The van der Waals surface area contributed by atoms with Crippen LogP contribution in [0.25, 0.3) is 0 Å². The molecule has 0 saturated heterocycles. The van der Waals surface area contributed by atoms with E-state index in [0.29, 0.717) is 6.42 Å². The van der Waals surface area contributed by atoms with Crippen molar-refractivity contribution in [2.24, 2.45) is 5.92 Å². The molecule has 0 fully saturated rings. The quantitative estimate of drug-likeness (QED) is 0.671. The van der Waals surface area contributed by atoms with Crippen LogP contribution in [0.3, 0.4) is 0 Å². The van der Waals surface area contributed by atoms with E-state index in [4.69, 9.17) is 9.29 Å². The second-order valence-electron chi connectivity index (χ2n) is 7.00. The lowest BCUT2D eigenvalue weighted by Gasteiger charge is -2.42. The molecule has 0 aromatic heterocycles. The predicted molar refractivity (Wildman–Crippen MR) is 90.1 cm³/mol. The molecule has 1 spiro atoms. The molecule has 1 N–H and O–H groups in total. The summed E-state index contributed by atoms with van der Waals surface area (Å²) in [5.74, 6) is -1.34. The topological polar surface area (TPSA) is 80.7 Å². The molecule has 0 radical (unpaired) electrons. The molecule has 2 aromatic rings. The standard InChI is InChI=1S/C19H16O5S/c20-18(24-8-9-25(21,22)23)13-10-19-14-6-2-1-4-11(14)16(13)12-5-3-7-15(19)17(12)19/h1-7,13,16H,8-10H2,(H,21,22,23). The minimum atomic E-state index is -4.13. The normalized spacial score (nSPS) is 27.4. The summed E-state index contributed by atoms with van der Waals surface area (Å²) in [6.07, 6.45) is 0.672. The number of hydrogen-bond acceptors (Lipinski definition) is 4. The smallest absolute Gasteiger partial charge is 0.309 e. The van der Waals surface area contributed by atoms with Gasteiger partial charge in [-0.1, -0.05) is 42.5 Å². The van der Waals surface area contributed by atoms with Crippen LogP contribution >= 0.6 is 0 Å². The zero-order chi connectivity index (χ0) is 17.4. The molecule has 4 aliphatic carbocycles. The van der Waals surface area contributed by atoms with Gasteiger partial charge >= 0.3 is 5.97 Å². The fourth-order valence-corrected chi connectivity index (χ4v) is 5.23. The summed E-state index contributed by atoms with van der Waals surface area (Å²) in [6, 6.07) is 14.5. The van der Waals surface area contributed by atoms with E-state index in [1.54, 1.807) is 0 Å². The lowest BCUT2D eigenvalue weighted by Crippen LogP contribution is -2.39. The Hall–Kier alpha value is -2.18. The summed E-state index contributed by atoms with van der Waals surface area (Å²) < 4.78 is 35.7. The van der Waals surface area contributed by atoms with Gasteiger partial charge in [-0.2, -0.15) is 8.42 Å². The van der Waals surface area contributed by atoms with E-state index in [0.717, 1.165) is 0 Å². The molecule has 6 rings (SSSR count). The Labute approximate surface area is 145 Å². The lowest BCUT2D eigenvalue weighted by molar-refractivity contribution is -0.149. The zero-order valence-corrected chi connectivity index (χ0v) is 14.1. The zero-order valence-electron chi connectivity index (χ0n) is 13.3. The average molecular weight is 356 g/mol. The Balaban J connectivity index is 1.51. The maximum Gasteiger partial charge on any atom is 0.309 e. The summed E-state index contributed by atoms with van der Waals surface area (Å²) in [7, 11) is -4.13. The molecular formula is C19H16O5S. The van der Waals surface area contributed by atoms with E-state index in [2.05, 4.69) is 24.3 Å². The van der Waals surface area contributed by atoms with Crippen LogP contribution in [0.5, 0.6) is 0 Å². The molecule has 3 atom stereocenters. The van der Waals surface area contributed by atoms with Crippen molar-refractivity contribution in [2.75, 3.05) is 12.4 Å². The minimum absolute atomic E-state index is 0.0474. The Kier molecular flexibility index (Phi) is 2.84. The Bertz CT molecular complexity index is 1030. The van der Waals surface area contributed by atoms with Gasteiger partial charge in [-0.3, -0.25) is 9.35 Å².